The largest absolute Gasteiger partial charge is 0.0616 e. The highest BCUT2D eigenvalue weighted by atomic mass is 14.2. The molecule has 0 aliphatic heterocycles. The Labute approximate surface area is 314 Å². The molecule has 0 unspecified atom stereocenters. The molecule has 0 amide bonds. The minimum Gasteiger partial charge on any atom is -0.0616 e. The van der Waals surface area contributed by atoms with Crippen molar-refractivity contribution in [3.8, 4) is 44.5 Å². The Bertz CT molecular complexity index is 3260. The molecular weight excluding hydrogens is 649 g/mol. The highest BCUT2D eigenvalue weighted by molar-refractivity contribution is 6.26. The van der Waals surface area contributed by atoms with Gasteiger partial charge in [0, 0.05) is 0 Å². The fourth-order valence-electron chi connectivity index (χ4n) is 8.89. The molecule has 0 aliphatic rings. The molecule has 0 atom stereocenters. The molecule has 0 bridgehead atoms. The van der Waals surface area contributed by atoms with Crippen LogP contribution in [0.4, 0.5) is 0 Å². The number of rotatable bonds is 4. The van der Waals surface area contributed by atoms with Crippen molar-refractivity contribution >= 4 is 64.6 Å². The van der Waals surface area contributed by atoms with Gasteiger partial charge in [0.05, 0.1) is 0 Å². The van der Waals surface area contributed by atoms with E-state index < -0.39 is 0 Å². The lowest BCUT2D eigenvalue weighted by atomic mass is 9.82. The van der Waals surface area contributed by atoms with E-state index in [2.05, 4.69) is 206 Å². The van der Waals surface area contributed by atoms with Crippen LogP contribution in [0.3, 0.4) is 0 Å². The zero-order chi connectivity index (χ0) is 35.6. The second-order valence-electron chi connectivity index (χ2n) is 14.4. The first kappa shape index (κ1) is 30.6. The van der Waals surface area contributed by atoms with Crippen molar-refractivity contribution in [2.75, 3.05) is 0 Å². The summed E-state index contributed by atoms with van der Waals surface area (Å²) in [6.45, 7) is 0. The zero-order valence-corrected chi connectivity index (χ0v) is 29.6. The van der Waals surface area contributed by atoms with Gasteiger partial charge < -0.3 is 0 Å². The van der Waals surface area contributed by atoms with Gasteiger partial charge in [-0.1, -0.05) is 188 Å². The molecule has 0 N–H and O–H groups in total. The monoisotopic (exact) mass is 682 g/mol. The Hall–Kier alpha value is -7.02. The van der Waals surface area contributed by atoms with Crippen LogP contribution in [0.5, 0.6) is 0 Å². The van der Waals surface area contributed by atoms with Crippen molar-refractivity contribution < 1.29 is 0 Å². The first-order valence-electron chi connectivity index (χ1n) is 18.8. The van der Waals surface area contributed by atoms with Crippen LogP contribution in [0.25, 0.3) is 109 Å². The third-order valence-corrected chi connectivity index (χ3v) is 11.4. The first-order chi connectivity index (χ1) is 26.8. The SMILES string of the molecule is c1ccc2cc(-c3ccc4c(-c5cccc6ccccc56)c5cc(-c6cccc7ccccc67)ccc5c(-c5cccc6ccccc56)c4c3)ccc2c1. The lowest BCUT2D eigenvalue weighted by Crippen LogP contribution is -1.94. The predicted molar refractivity (Wildman–Crippen MR) is 233 cm³/mol. The minimum atomic E-state index is 1.21. The summed E-state index contributed by atoms with van der Waals surface area (Å²) in [4.78, 5) is 0. The summed E-state index contributed by atoms with van der Waals surface area (Å²) in [7, 11) is 0. The zero-order valence-electron chi connectivity index (χ0n) is 29.6. The molecule has 0 saturated heterocycles. The average molecular weight is 683 g/mol. The maximum atomic E-state index is 2.46. The van der Waals surface area contributed by atoms with Gasteiger partial charge in [0.2, 0.25) is 0 Å². The Balaban J connectivity index is 1.31. The highest BCUT2D eigenvalue weighted by Gasteiger charge is 2.21. The summed E-state index contributed by atoms with van der Waals surface area (Å²) in [5.41, 5.74) is 9.94. The van der Waals surface area contributed by atoms with Crippen LogP contribution in [0.15, 0.2) is 206 Å². The van der Waals surface area contributed by atoms with E-state index in [9.17, 15) is 0 Å². The Morgan fingerprint density at radius 1 is 0.185 bits per heavy atom. The van der Waals surface area contributed by atoms with E-state index in [1.54, 1.807) is 0 Å². The molecule has 54 heavy (non-hydrogen) atoms. The average Bonchev–Trinajstić information content (AvgIpc) is 3.24. The first-order valence-corrected chi connectivity index (χ1v) is 18.8. The molecular formula is C54H34. The van der Waals surface area contributed by atoms with Crippen LogP contribution in [0.1, 0.15) is 0 Å². The topological polar surface area (TPSA) is 0 Å². The fraction of sp³-hybridized carbons (Fsp3) is 0. The van der Waals surface area contributed by atoms with Gasteiger partial charge in [-0.25, -0.2) is 0 Å². The molecule has 0 radical (unpaired) electrons. The van der Waals surface area contributed by atoms with Crippen LogP contribution in [-0.2, 0) is 0 Å². The molecule has 0 spiro atoms. The van der Waals surface area contributed by atoms with E-state index in [4.69, 9.17) is 0 Å². The van der Waals surface area contributed by atoms with Gasteiger partial charge in [-0.05, 0) is 127 Å². The number of benzene rings is 11. The van der Waals surface area contributed by atoms with Crippen LogP contribution < -0.4 is 0 Å². The van der Waals surface area contributed by atoms with Crippen molar-refractivity contribution in [3.63, 3.8) is 0 Å². The van der Waals surface area contributed by atoms with Gasteiger partial charge in [0.1, 0.15) is 0 Å². The van der Waals surface area contributed by atoms with Crippen LogP contribution in [0.2, 0.25) is 0 Å². The minimum absolute atomic E-state index is 1.21. The smallest absolute Gasteiger partial charge is 0.00199 e. The number of hydrogen-bond acceptors (Lipinski definition) is 0. The third-order valence-electron chi connectivity index (χ3n) is 11.4. The van der Waals surface area contributed by atoms with Crippen LogP contribution in [-0.4, -0.2) is 0 Å². The molecule has 11 aromatic rings. The Morgan fingerprint density at radius 3 is 1.15 bits per heavy atom. The van der Waals surface area contributed by atoms with Crippen molar-refractivity contribution in [2.45, 2.75) is 0 Å². The third kappa shape index (κ3) is 4.85. The lowest BCUT2D eigenvalue weighted by molar-refractivity contribution is 1.65. The van der Waals surface area contributed by atoms with Gasteiger partial charge in [-0.15, -0.1) is 0 Å². The molecule has 0 nitrogen and oxygen atoms in total. The summed E-state index contributed by atoms with van der Waals surface area (Å²) < 4.78 is 0. The maximum absolute atomic E-state index is 2.46. The highest BCUT2D eigenvalue weighted by Crippen LogP contribution is 2.48. The molecule has 0 heteroatoms. The molecule has 0 aliphatic carbocycles. The Morgan fingerprint density at radius 2 is 0.574 bits per heavy atom. The molecule has 11 rings (SSSR count). The van der Waals surface area contributed by atoms with E-state index in [1.165, 1.54) is 109 Å². The summed E-state index contributed by atoms with van der Waals surface area (Å²) in [6, 6.07) is 76.4. The van der Waals surface area contributed by atoms with Crippen molar-refractivity contribution in [1.82, 2.24) is 0 Å². The van der Waals surface area contributed by atoms with E-state index in [0.717, 1.165) is 0 Å². The lowest BCUT2D eigenvalue weighted by Gasteiger charge is -2.21. The second kappa shape index (κ2) is 12.3. The fourth-order valence-corrected chi connectivity index (χ4v) is 8.89. The normalized spacial score (nSPS) is 11.7. The second-order valence-corrected chi connectivity index (χ2v) is 14.4. The van der Waals surface area contributed by atoms with E-state index in [1.807, 2.05) is 0 Å². The Kier molecular flexibility index (Phi) is 6.97. The van der Waals surface area contributed by atoms with Gasteiger partial charge in [0.15, 0.2) is 0 Å². The number of fused-ring (bicyclic) bond motifs is 6. The van der Waals surface area contributed by atoms with Gasteiger partial charge in [0.25, 0.3) is 0 Å². The van der Waals surface area contributed by atoms with Crippen molar-refractivity contribution in [1.29, 1.82) is 0 Å². The summed E-state index contributed by atoms with van der Waals surface area (Å²) in [5, 5.41) is 15.0. The standard InChI is InChI=1S/C54H34/c1-2-16-39-32-40(27-26-35(39)12-1)41-28-30-49-51(33-41)53(47-24-10-18-37-14-4-7-21-44(37)47)50-31-29-42(46-23-9-17-36-13-3-6-20-43(36)46)34-52(50)54(49)48-25-11-19-38-15-5-8-22-45(38)48/h1-34H. The molecule has 0 fully saturated rings. The molecule has 11 aromatic carbocycles. The molecule has 0 saturated carbocycles. The van der Waals surface area contributed by atoms with E-state index in [0.29, 0.717) is 0 Å². The molecule has 250 valence electrons. The summed E-state index contributed by atoms with van der Waals surface area (Å²) >= 11 is 0. The predicted octanol–water partition coefficient (Wildman–Crippen LogP) is 15.3. The van der Waals surface area contributed by atoms with E-state index >= 15 is 0 Å². The van der Waals surface area contributed by atoms with Crippen molar-refractivity contribution in [3.05, 3.63) is 206 Å². The van der Waals surface area contributed by atoms with Crippen LogP contribution in [0, 0.1) is 0 Å². The molecule has 0 heterocycles. The van der Waals surface area contributed by atoms with Gasteiger partial charge in [-0.3, -0.25) is 0 Å². The number of hydrogen-bond donors (Lipinski definition) is 0. The summed E-state index contributed by atoms with van der Waals surface area (Å²) in [6.07, 6.45) is 0. The summed E-state index contributed by atoms with van der Waals surface area (Å²) in [5.74, 6) is 0. The van der Waals surface area contributed by atoms with Gasteiger partial charge in [-0.2, -0.15) is 0 Å². The molecule has 0 aromatic heterocycles. The van der Waals surface area contributed by atoms with Crippen LogP contribution >= 0.6 is 0 Å². The van der Waals surface area contributed by atoms with Crippen molar-refractivity contribution in [2.24, 2.45) is 0 Å². The quantitative estimate of drug-likeness (QED) is 0.162. The van der Waals surface area contributed by atoms with Gasteiger partial charge >= 0.3 is 0 Å². The maximum Gasteiger partial charge on any atom is -0.00199 e. The van der Waals surface area contributed by atoms with E-state index in [-0.39, 0.29) is 0 Å².